The van der Waals surface area contributed by atoms with Gasteiger partial charge in [0.25, 0.3) is 0 Å². The molecule has 3 rings (SSSR count). The summed E-state index contributed by atoms with van der Waals surface area (Å²) in [5.41, 5.74) is 1.69. The Balaban J connectivity index is 1.49. The number of carbonyl (C=O) groups excluding carboxylic acids is 1. The lowest BCUT2D eigenvalue weighted by Crippen LogP contribution is -2.39. The van der Waals surface area contributed by atoms with E-state index in [1.165, 1.54) is 18.2 Å². The van der Waals surface area contributed by atoms with Gasteiger partial charge in [0.2, 0.25) is 15.9 Å². The van der Waals surface area contributed by atoms with E-state index in [1.54, 1.807) is 7.11 Å². The number of methoxy groups -OCH3 is 1. The summed E-state index contributed by atoms with van der Waals surface area (Å²) in [6.07, 6.45) is 2.28. The summed E-state index contributed by atoms with van der Waals surface area (Å²) in [4.78, 5) is 13.9. The molecule has 162 valence electrons. The molecule has 1 heterocycles. The van der Waals surface area contributed by atoms with Crippen LogP contribution in [0.25, 0.3) is 0 Å². The quantitative estimate of drug-likeness (QED) is 0.666. The highest BCUT2D eigenvalue weighted by molar-refractivity contribution is 7.89. The highest BCUT2D eigenvalue weighted by Gasteiger charge is 2.20. The number of nitrogens with one attached hydrogen (secondary N) is 2. The third-order valence-corrected chi connectivity index (χ3v) is 6.49. The first-order valence-electron chi connectivity index (χ1n) is 9.81. The second-order valence-electron chi connectivity index (χ2n) is 7.12. The standard InChI is InChI=1S/C21H26FN3O4S/c1-29-18-5-4-14-25(15-18)17-10-8-16(9-11-17)24-21(26)12-13-23-30(27,28)20-7-3-2-6-19(20)22/h2-3,6-11,18,23H,4-5,12-15H2,1H3,(H,24,26). The highest BCUT2D eigenvalue weighted by Crippen LogP contribution is 2.23. The lowest BCUT2D eigenvalue weighted by atomic mass is 10.1. The molecule has 2 aromatic rings. The van der Waals surface area contributed by atoms with Crippen LogP contribution in [0.15, 0.2) is 53.4 Å². The highest BCUT2D eigenvalue weighted by atomic mass is 32.2. The molecular weight excluding hydrogens is 409 g/mol. The normalized spacial score (nSPS) is 17.0. The van der Waals surface area contributed by atoms with Crippen LogP contribution < -0.4 is 14.9 Å². The number of carbonyl (C=O) groups is 1. The summed E-state index contributed by atoms with van der Waals surface area (Å²) in [6, 6.07) is 12.6. The lowest BCUT2D eigenvalue weighted by Gasteiger charge is -2.33. The Hall–Kier alpha value is -2.49. The number of amides is 1. The fourth-order valence-electron chi connectivity index (χ4n) is 3.38. The van der Waals surface area contributed by atoms with Gasteiger partial charge < -0.3 is 15.0 Å². The first kappa shape index (κ1) is 22.2. The van der Waals surface area contributed by atoms with Crippen molar-refractivity contribution in [2.45, 2.75) is 30.3 Å². The van der Waals surface area contributed by atoms with E-state index in [0.717, 1.165) is 37.7 Å². The van der Waals surface area contributed by atoms with Gasteiger partial charge in [-0.25, -0.2) is 17.5 Å². The Bertz CT molecular complexity index is 966. The lowest BCUT2D eigenvalue weighted by molar-refractivity contribution is -0.116. The van der Waals surface area contributed by atoms with Gasteiger partial charge in [-0.3, -0.25) is 4.79 Å². The maximum absolute atomic E-state index is 13.7. The number of hydrogen-bond donors (Lipinski definition) is 2. The molecule has 7 nitrogen and oxygen atoms in total. The van der Waals surface area contributed by atoms with Crippen LogP contribution in [0.1, 0.15) is 19.3 Å². The van der Waals surface area contributed by atoms with Gasteiger partial charge in [0.1, 0.15) is 10.7 Å². The van der Waals surface area contributed by atoms with Gasteiger partial charge >= 0.3 is 0 Å². The van der Waals surface area contributed by atoms with Crippen LogP contribution in [0, 0.1) is 5.82 Å². The molecule has 0 aromatic heterocycles. The first-order valence-corrected chi connectivity index (χ1v) is 11.3. The SMILES string of the molecule is COC1CCCN(c2ccc(NC(=O)CCNS(=O)(=O)c3ccccc3F)cc2)C1. The minimum atomic E-state index is -4.01. The van der Waals surface area contributed by atoms with Gasteiger partial charge in [-0.15, -0.1) is 0 Å². The number of rotatable bonds is 8. The van der Waals surface area contributed by atoms with Crippen LogP contribution >= 0.6 is 0 Å². The van der Waals surface area contributed by atoms with E-state index in [2.05, 4.69) is 14.9 Å². The molecule has 0 radical (unpaired) electrons. The van der Waals surface area contributed by atoms with Crippen LogP contribution in [0.4, 0.5) is 15.8 Å². The summed E-state index contributed by atoms with van der Waals surface area (Å²) in [5, 5.41) is 2.74. The molecule has 0 bridgehead atoms. The monoisotopic (exact) mass is 435 g/mol. The zero-order valence-corrected chi connectivity index (χ0v) is 17.6. The molecule has 1 unspecified atom stereocenters. The summed E-state index contributed by atoms with van der Waals surface area (Å²) in [7, 11) is -2.28. The molecular formula is C21H26FN3O4S. The number of halogens is 1. The molecule has 1 aliphatic rings. The second-order valence-corrected chi connectivity index (χ2v) is 8.85. The molecule has 1 amide bonds. The number of benzene rings is 2. The summed E-state index contributed by atoms with van der Waals surface area (Å²) in [5.74, 6) is -1.17. The maximum atomic E-state index is 13.7. The topological polar surface area (TPSA) is 87.7 Å². The van der Waals surface area contributed by atoms with Gasteiger partial charge in [0.05, 0.1) is 6.10 Å². The Labute approximate surface area is 176 Å². The molecule has 0 saturated carbocycles. The largest absolute Gasteiger partial charge is 0.380 e. The number of sulfonamides is 1. The molecule has 1 aliphatic heterocycles. The van der Waals surface area contributed by atoms with Gasteiger partial charge in [0, 0.05) is 44.5 Å². The van der Waals surface area contributed by atoms with Gasteiger partial charge in [-0.2, -0.15) is 0 Å². The van der Waals surface area contributed by atoms with Crippen LogP contribution in [-0.4, -0.2) is 47.2 Å². The van der Waals surface area contributed by atoms with Crippen molar-refractivity contribution in [1.29, 1.82) is 0 Å². The van der Waals surface area contributed by atoms with Crippen molar-refractivity contribution in [3.05, 3.63) is 54.3 Å². The number of anilines is 2. The molecule has 0 spiro atoms. The molecule has 2 N–H and O–H groups in total. The van der Waals surface area contributed by atoms with Crippen molar-refractivity contribution in [1.82, 2.24) is 4.72 Å². The van der Waals surface area contributed by atoms with Crippen molar-refractivity contribution in [3.8, 4) is 0 Å². The second kappa shape index (κ2) is 10.0. The van der Waals surface area contributed by atoms with E-state index in [9.17, 15) is 17.6 Å². The molecule has 2 aromatic carbocycles. The molecule has 1 saturated heterocycles. The van der Waals surface area contributed by atoms with E-state index in [0.29, 0.717) is 5.69 Å². The molecule has 0 aliphatic carbocycles. The third-order valence-electron chi connectivity index (χ3n) is 5.00. The Morgan fingerprint density at radius 2 is 1.93 bits per heavy atom. The Morgan fingerprint density at radius 1 is 1.20 bits per heavy atom. The fraction of sp³-hybridized carbons (Fsp3) is 0.381. The number of hydrogen-bond acceptors (Lipinski definition) is 5. The average molecular weight is 436 g/mol. The first-order chi connectivity index (χ1) is 14.4. The molecule has 30 heavy (non-hydrogen) atoms. The van der Waals surface area contributed by atoms with Crippen LogP contribution in [0.3, 0.4) is 0 Å². The molecule has 1 fully saturated rings. The summed E-state index contributed by atoms with van der Waals surface area (Å²) < 4.78 is 45.6. The average Bonchev–Trinajstić information content (AvgIpc) is 2.74. The van der Waals surface area contributed by atoms with Crippen LogP contribution in [0.5, 0.6) is 0 Å². The summed E-state index contributed by atoms with van der Waals surface area (Å²) >= 11 is 0. The Morgan fingerprint density at radius 3 is 2.63 bits per heavy atom. The van der Waals surface area contributed by atoms with Gasteiger partial charge in [-0.05, 0) is 49.2 Å². The van der Waals surface area contributed by atoms with Gasteiger partial charge in [0.15, 0.2) is 0 Å². The van der Waals surface area contributed by atoms with E-state index in [1.807, 2.05) is 24.3 Å². The molecule has 9 heteroatoms. The van der Waals surface area contributed by atoms with E-state index in [-0.39, 0.29) is 25.0 Å². The number of nitrogens with zero attached hydrogens (tertiary/aromatic N) is 1. The van der Waals surface area contributed by atoms with Crippen molar-refractivity contribution in [2.24, 2.45) is 0 Å². The minimum absolute atomic E-state index is 0.0723. The van der Waals surface area contributed by atoms with Crippen molar-refractivity contribution in [2.75, 3.05) is 37.0 Å². The maximum Gasteiger partial charge on any atom is 0.243 e. The molecule has 1 atom stereocenters. The van der Waals surface area contributed by atoms with Crippen molar-refractivity contribution < 1.29 is 22.3 Å². The third kappa shape index (κ3) is 5.78. The predicted octanol–water partition coefficient (Wildman–Crippen LogP) is 2.75. The number of ether oxygens (including phenoxy) is 1. The zero-order valence-electron chi connectivity index (χ0n) is 16.8. The van der Waals surface area contributed by atoms with Crippen molar-refractivity contribution in [3.63, 3.8) is 0 Å². The van der Waals surface area contributed by atoms with Gasteiger partial charge in [-0.1, -0.05) is 12.1 Å². The fourth-order valence-corrected chi connectivity index (χ4v) is 4.49. The van der Waals surface area contributed by atoms with Crippen LogP contribution in [0.2, 0.25) is 0 Å². The van der Waals surface area contributed by atoms with E-state index < -0.39 is 20.7 Å². The smallest absolute Gasteiger partial charge is 0.243 e. The minimum Gasteiger partial charge on any atom is -0.380 e. The summed E-state index contributed by atoms with van der Waals surface area (Å²) in [6.45, 7) is 1.67. The van der Waals surface area contributed by atoms with Crippen LogP contribution in [-0.2, 0) is 19.6 Å². The van der Waals surface area contributed by atoms with Crippen molar-refractivity contribution >= 4 is 27.3 Å². The van der Waals surface area contributed by atoms with E-state index >= 15 is 0 Å². The zero-order chi connectivity index (χ0) is 21.6. The van der Waals surface area contributed by atoms with E-state index in [4.69, 9.17) is 4.74 Å². The Kier molecular flexibility index (Phi) is 7.41. The number of piperidine rings is 1. The predicted molar refractivity (Wildman–Crippen MR) is 114 cm³/mol.